The molecule has 32 heavy (non-hydrogen) atoms. The minimum Gasteiger partial charge on any atom is -0.326 e. The van der Waals surface area contributed by atoms with Crippen molar-refractivity contribution in [2.24, 2.45) is 0 Å². The van der Waals surface area contributed by atoms with Crippen molar-refractivity contribution in [1.29, 1.82) is 0 Å². The summed E-state index contributed by atoms with van der Waals surface area (Å²) >= 11 is 6.29. The Morgan fingerprint density at radius 3 is 2.38 bits per heavy atom. The zero-order chi connectivity index (χ0) is 23.5. The number of benzene rings is 2. The second-order valence-corrected chi connectivity index (χ2v) is 11.0. The summed E-state index contributed by atoms with van der Waals surface area (Å²) in [7, 11) is -3.71. The monoisotopic (exact) mass is 477 g/mol. The Balaban J connectivity index is 1.53. The SMILES string of the molecule is CC(C)(C)c1ccc(S(=O)(=O)NCCC(=O)Nc2ccc(N3CCCC3=O)c(Cl)c2)cc1. The Morgan fingerprint density at radius 2 is 1.81 bits per heavy atom. The fourth-order valence-corrected chi connectivity index (χ4v) is 4.76. The smallest absolute Gasteiger partial charge is 0.240 e. The molecule has 0 saturated carbocycles. The molecule has 0 radical (unpaired) electrons. The Bertz CT molecular complexity index is 1110. The summed E-state index contributed by atoms with van der Waals surface area (Å²) < 4.78 is 27.4. The van der Waals surface area contributed by atoms with Crippen molar-refractivity contribution in [3.63, 3.8) is 0 Å². The molecule has 3 rings (SSSR count). The quantitative estimate of drug-likeness (QED) is 0.628. The Morgan fingerprint density at radius 1 is 1.12 bits per heavy atom. The van der Waals surface area contributed by atoms with Gasteiger partial charge in [-0.25, -0.2) is 13.1 Å². The first-order chi connectivity index (χ1) is 15.0. The van der Waals surface area contributed by atoms with E-state index >= 15 is 0 Å². The molecule has 2 aromatic carbocycles. The third-order valence-corrected chi connectivity index (χ3v) is 7.05. The molecule has 2 amide bonds. The van der Waals surface area contributed by atoms with Gasteiger partial charge in [0.1, 0.15) is 0 Å². The van der Waals surface area contributed by atoms with Gasteiger partial charge >= 0.3 is 0 Å². The molecule has 172 valence electrons. The fraction of sp³-hybridized carbons (Fsp3) is 0.391. The predicted octanol–water partition coefficient (Wildman–Crippen LogP) is 4.07. The van der Waals surface area contributed by atoms with E-state index < -0.39 is 10.0 Å². The molecule has 0 atom stereocenters. The number of nitrogens with one attached hydrogen (secondary N) is 2. The summed E-state index contributed by atoms with van der Waals surface area (Å²) in [4.78, 5) is 25.9. The number of hydrogen-bond donors (Lipinski definition) is 2. The van der Waals surface area contributed by atoms with Gasteiger partial charge in [-0.3, -0.25) is 9.59 Å². The standard InChI is InChI=1S/C23H28ClN3O4S/c1-23(2,3)16-6-9-18(10-7-16)32(30,31)25-13-12-21(28)26-17-8-11-20(19(24)15-17)27-14-4-5-22(27)29/h6-11,15,25H,4-5,12-14H2,1-3H3,(H,26,28). The highest BCUT2D eigenvalue weighted by atomic mass is 35.5. The van der Waals surface area contributed by atoms with E-state index in [0.717, 1.165) is 12.0 Å². The van der Waals surface area contributed by atoms with Crippen LogP contribution >= 0.6 is 11.6 Å². The first-order valence-electron chi connectivity index (χ1n) is 10.5. The molecule has 0 spiro atoms. The summed E-state index contributed by atoms with van der Waals surface area (Å²) in [5, 5.41) is 3.07. The van der Waals surface area contributed by atoms with E-state index in [2.05, 4.69) is 30.8 Å². The molecule has 1 heterocycles. The lowest BCUT2D eigenvalue weighted by molar-refractivity contribution is -0.117. The summed E-state index contributed by atoms with van der Waals surface area (Å²) in [5.74, 6) is -0.319. The number of halogens is 1. The largest absolute Gasteiger partial charge is 0.326 e. The second kappa shape index (κ2) is 9.60. The Labute approximate surface area is 194 Å². The lowest BCUT2D eigenvalue weighted by Crippen LogP contribution is -2.28. The zero-order valence-electron chi connectivity index (χ0n) is 18.4. The first-order valence-corrected chi connectivity index (χ1v) is 12.3. The van der Waals surface area contributed by atoms with Crippen molar-refractivity contribution in [3.8, 4) is 0 Å². The van der Waals surface area contributed by atoms with Crippen LogP contribution in [-0.4, -0.2) is 33.3 Å². The number of carbonyl (C=O) groups is 2. The molecule has 1 saturated heterocycles. The topological polar surface area (TPSA) is 95.6 Å². The van der Waals surface area contributed by atoms with Gasteiger partial charge in [-0.1, -0.05) is 44.5 Å². The number of hydrogen-bond acceptors (Lipinski definition) is 4. The van der Waals surface area contributed by atoms with Gasteiger partial charge < -0.3 is 10.2 Å². The molecule has 1 fully saturated rings. The van der Waals surface area contributed by atoms with Crippen molar-refractivity contribution in [2.75, 3.05) is 23.3 Å². The van der Waals surface area contributed by atoms with Gasteiger partial charge in [-0.2, -0.15) is 0 Å². The summed E-state index contributed by atoms with van der Waals surface area (Å²) in [6.45, 7) is 6.76. The minimum absolute atomic E-state index is 0.0315. The lowest BCUT2D eigenvalue weighted by atomic mass is 9.87. The highest BCUT2D eigenvalue weighted by Gasteiger charge is 2.24. The maximum atomic E-state index is 12.5. The molecular formula is C23H28ClN3O4S. The van der Waals surface area contributed by atoms with Crippen LogP contribution in [0.25, 0.3) is 0 Å². The van der Waals surface area contributed by atoms with Gasteiger partial charge in [0.05, 0.1) is 15.6 Å². The Kier molecular flexibility index (Phi) is 7.27. The summed E-state index contributed by atoms with van der Waals surface area (Å²) in [6, 6.07) is 11.7. The van der Waals surface area contributed by atoms with Crippen molar-refractivity contribution < 1.29 is 18.0 Å². The molecule has 0 aromatic heterocycles. The highest BCUT2D eigenvalue weighted by molar-refractivity contribution is 7.89. The van der Waals surface area contributed by atoms with E-state index in [9.17, 15) is 18.0 Å². The molecule has 1 aliphatic rings. The molecule has 2 aromatic rings. The predicted molar refractivity (Wildman–Crippen MR) is 127 cm³/mol. The second-order valence-electron chi connectivity index (χ2n) is 8.79. The van der Waals surface area contributed by atoms with Gasteiger partial charge in [0.25, 0.3) is 0 Å². The van der Waals surface area contributed by atoms with E-state index in [4.69, 9.17) is 11.6 Å². The number of nitrogens with zero attached hydrogens (tertiary/aromatic N) is 1. The van der Waals surface area contributed by atoms with Gasteiger partial charge in [0.2, 0.25) is 21.8 Å². The van der Waals surface area contributed by atoms with Crippen molar-refractivity contribution in [1.82, 2.24) is 4.72 Å². The number of anilines is 2. The maximum absolute atomic E-state index is 12.5. The normalized spacial score (nSPS) is 14.6. The third kappa shape index (κ3) is 5.88. The molecule has 9 heteroatoms. The van der Waals surface area contributed by atoms with E-state index in [1.165, 1.54) is 0 Å². The molecule has 1 aliphatic heterocycles. The van der Waals surface area contributed by atoms with Crippen LogP contribution in [-0.2, 0) is 25.0 Å². The molecule has 0 aliphatic carbocycles. The van der Waals surface area contributed by atoms with E-state index in [-0.39, 0.29) is 35.1 Å². The van der Waals surface area contributed by atoms with Crippen LogP contribution in [0.2, 0.25) is 5.02 Å². The number of rotatable bonds is 7. The van der Waals surface area contributed by atoms with Crippen LogP contribution in [0, 0.1) is 0 Å². The average molecular weight is 478 g/mol. The van der Waals surface area contributed by atoms with Crippen molar-refractivity contribution >= 4 is 44.8 Å². The van der Waals surface area contributed by atoms with Crippen molar-refractivity contribution in [2.45, 2.75) is 50.3 Å². The van der Waals surface area contributed by atoms with Gasteiger partial charge in [-0.05, 0) is 47.7 Å². The van der Waals surface area contributed by atoms with Crippen LogP contribution in [0.5, 0.6) is 0 Å². The van der Waals surface area contributed by atoms with E-state index in [1.54, 1.807) is 47.4 Å². The number of amides is 2. The maximum Gasteiger partial charge on any atom is 0.240 e. The molecular weight excluding hydrogens is 450 g/mol. The number of carbonyl (C=O) groups excluding carboxylic acids is 2. The van der Waals surface area contributed by atoms with Crippen LogP contribution in [0.1, 0.15) is 45.6 Å². The minimum atomic E-state index is -3.71. The summed E-state index contributed by atoms with van der Waals surface area (Å²) in [6.07, 6.45) is 1.26. The van der Waals surface area contributed by atoms with Crippen molar-refractivity contribution in [3.05, 3.63) is 53.1 Å². The summed E-state index contributed by atoms with van der Waals surface area (Å²) in [5.41, 5.74) is 2.07. The van der Waals surface area contributed by atoms with Gasteiger partial charge in [-0.15, -0.1) is 0 Å². The van der Waals surface area contributed by atoms with Gasteiger partial charge in [0, 0.05) is 31.6 Å². The lowest BCUT2D eigenvalue weighted by Gasteiger charge is -2.19. The Hall–Kier alpha value is -2.42. The van der Waals surface area contributed by atoms with Crippen LogP contribution in [0.4, 0.5) is 11.4 Å². The number of sulfonamides is 1. The van der Waals surface area contributed by atoms with E-state index in [0.29, 0.717) is 29.4 Å². The molecule has 0 bridgehead atoms. The van der Waals surface area contributed by atoms with Crippen LogP contribution < -0.4 is 14.9 Å². The molecule has 0 unspecified atom stereocenters. The van der Waals surface area contributed by atoms with Crippen LogP contribution in [0.3, 0.4) is 0 Å². The highest BCUT2D eigenvalue weighted by Crippen LogP contribution is 2.31. The first kappa shape index (κ1) is 24.2. The molecule has 2 N–H and O–H groups in total. The fourth-order valence-electron chi connectivity index (χ4n) is 3.45. The third-order valence-electron chi connectivity index (χ3n) is 5.27. The zero-order valence-corrected chi connectivity index (χ0v) is 20.0. The van der Waals surface area contributed by atoms with Gasteiger partial charge in [0.15, 0.2) is 0 Å². The van der Waals surface area contributed by atoms with Crippen LogP contribution in [0.15, 0.2) is 47.4 Å². The van der Waals surface area contributed by atoms with E-state index in [1.807, 2.05) is 0 Å². The molecule has 7 nitrogen and oxygen atoms in total. The average Bonchev–Trinajstić information content (AvgIpc) is 3.13.